The van der Waals surface area contributed by atoms with Crippen molar-refractivity contribution in [1.82, 2.24) is 0 Å². The molecule has 2 rings (SSSR count). The van der Waals surface area contributed by atoms with Gasteiger partial charge in [0.2, 0.25) is 5.91 Å². The van der Waals surface area contributed by atoms with Gasteiger partial charge in [0, 0.05) is 17.9 Å². The van der Waals surface area contributed by atoms with Gasteiger partial charge in [0.15, 0.2) is 0 Å². The van der Waals surface area contributed by atoms with Crippen LogP contribution in [0.1, 0.15) is 11.1 Å². The van der Waals surface area contributed by atoms with Crippen LogP contribution >= 0.6 is 0 Å². The number of hydrogen-bond acceptors (Lipinski definition) is 4. The number of hydrogen-bond donors (Lipinski definition) is 3. The summed E-state index contributed by atoms with van der Waals surface area (Å²) in [6.07, 6.45) is 0. The molecule has 0 unspecified atom stereocenters. The van der Waals surface area contributed by atoms with Crippen LogP contribution in [0.5, 0.6) is 0 Å². The number of aliphatic hydroxyl groups is 1. The van der Waals surface area contributed by atoms with Gasteiger partial charge in [-0.3, -0.25) is 4.79 Å². The molecule has 106 valence electrons. The maximum atomic E-state index is 11.1. The van der Waals surface area contributed by atoms with E-state index < -0.39 is 12.5 Å². The fourth-order valence-corrected chi connectivity index (χ4v) is 1.86. The van der Waals surface area contributed by atoms with Crippen LogP contribution in [0.25, 0.3) is 0 Å². The first kappa shape index (κ1) is 14.6. The molecule has 5 heteroatoms. The Bertz CT molecular complexity index is 677. The minimum absolute atomic E-state index is 0.450. The van der Waals surface area contributed by atoms with Gasteiger partial charge >= 0.3 is 0 Å². The number of rotatable bonds is 5. The summed E-state index contributed by atoms with van der Waals surface area (Å²) in [6.45, 7) is 0.0333. The van der Waals surface area contributed by atoms with Gasteiger partial charge in [-0.25, -0.2) is 0 Å². The van der Waals surface area contributed by atoms with Crippen molar-refractivity contribution >= 4 is 17.3 Å². The summed E-state index contributed by atoms with van der Waals surface area (Å²) in [7, 11) is 0. The summed E-state index contributed by atoms with van der Waals surface area (Å²) < 4.78 is 0. The Kier molecular flexibility index (Phi) is 4.91. The highest BCUT2D eigenvalue weighted by atomic mass is 16.3. The van der Waals surface area contributed by atoms with Crippen LogP contribution in [-0.2, 0) is 11.3 Å². The minimum atomic E-state index is -0.543. The summed E-state index contributed by atoms with van der Waals surface area (Å²) in [6, 6.07) is 16.7. The Hall–Kier alpha value is -2.84. The lowest BCUT2D eigenvalue weighted by molar-refractivity contribution is -0.118. The number of nitriles is 1. The summed E-state index contributed by atoms with van der Waals surface area (Å²) >= 11 is 0. The number of amides is 1. The Balaban J connectivity index is 2.01. The molecule has 0 saturated carbocycles. The van der Waals surface area contributed by atoms with Gasteiger partial charge in [0.1, 0.15) is 6.61 Å². The molecule has 0 bridgehead atoms. The van der Waals surface area contributed by atoms with Crippen molar-refractivity contribution in [1.29, 1.82) is 5.26 Å². The molecule has 0 aliphatic heterocycles. The van der Waals surface area contributed by atoms with E-state index in [1.165, 1.54) is 0 Å². The van der Waals surface area contributed by atoms with Gasteiger partial charge in [-0.2, -0.15) is 5.26 Å². The van der Waals surface area contributed by atoms with E-state index in [9.17, 15) is 4.79 Å². The van der Waals surface area contributed by atoms with Crippen LogP contribution in [0, 0.1) is 11.3 Å². The van der Waals surface area contributed by atoms with E-state index in [4.69, 9.17) is 10.4 Å². The van der Waals surface area contributed by atoms with Gasteiger partial charge in [-0.1, -0.05) is 18.2 Å². The van der Waals surface area contributed by atoms with Gasteiger partial charge in [0.25, 0.3) is 0 Å². The fraction of sp³-hybridized carbons (Fsp3) is 0.125. The van der Waals surface area contributed by atoms with Gasteiger partial charge in [-0.05, 0) is 35.9 Å². The van der Waals surface area contributed by atoms with E-state index in [1.54, 1.807) is 24.3 Å². The average molecular weight is 281 g/mol. The molecular weight excluding hydrogens is 266 g/mol. The summed E-state index contributed by atoms with van der Waals surface area (Å²) in [5, 5.41) is 23.4. The highest BCUT2D eigenvalue weighted by molar-refractivity contribution is 5.91. The third-order valence-corrected chi connectivity index (χ3v) is 2.84. The largest absolute Gasteiger partial charge is 0.387 e. The monoisotopic (exact) mass is 281 g/mol. The molecule has 3 N–H and O–H groups in total. The summed E-state index contributed by atoms with van der Waals surface area (Å²) in [5.74, 6) is -0.450. The van der Waals surface area contributed by atoms with Crippen LogP contribution < -0.4 is 10.6 Å². The first-order valence-corrected chi connectivity index (χ1v) is 6.45. The van der Waals surface area contributed by atoms with E-state index in [0.717, 1.165) is 11.3 Å². The van der Waals surface area contributed by atoms with Crippen molar-refractivity contribution in [2.45, 2.75) is 6.54 Å². The van der Waals surface area contributed by atoms with E-state index in [-0.39, 0.29) is 0 Å². The molecule has 0 aliphatic carbocycles. The number of anilines is 2. The number of benzene rings is 2. The quantitative estimate of drug-likeness (QED) is 0.783. The molecule has 2 aromatic carbocycles. The normalized spacial score (nSPS) is 9.71. The van der Waals surface area contributed by atoms with Crippen molar-refractivity contribution in [3.63, 3.8) is 0 Å². The van der Waals surface area contributed by atoms with Gasteiger partial charge in [0.05, 0.1) is 11.6 Å². The third-order valence-electron chi connectivity index (χ3n) is 2.84. The zero-order valence-corrected chi connectivity index (χ0v) is 11.3. The number of carbonyl (C=O) groups excluding carboxylic acids is 1. The lowest BCUT2D eigenvalue weighted by Crippen LogP contribution is -2.15. The summed E-state index contributed by atoms with van der Waals surface area (Å²) in [5.41, 5.74) is 3.08. The minimum Gasteiger partial charge on any atom is -0.387 e. The predicted octanol–water partition coefficient (Wildman–Crippen LogP) is 2.10. The maximum Gasteiger partial charge on any atom is 0.250 e. The zero-order chi connectivity index (χ0) is 15.1. The Morgan fingerprint density at radius 2 is 1.90 bits per heavy atom. The van der Waals surface area contributed by atoms with Crippen LogP contribution in [0.4, 0.5) is 11.4 Å². The van der Waals surface area contributed by atoms with Gasteiger partial charge < -0.3 is 15.7 Å². The number of nitrogens with zero attached hydrogens (tertiary/aromatic N) is 1. The SMILES string of the molecule is N#Cc1cccc(CNc2cccc(NC(=O)CO)c2)c1. The third kappa shape index (κ3) is 4.34. The second-order valence-electron chi connectivity index (χ2n) is 4.45. The molecule has 0 atom stereocenters. The Morgan fingerprint density at radius 1 is 1.14 bits per heavy atom. The standard InChI is InChI=1S/C16H15N3O2/c17-9-12-3-1-4-13(7-12)10-18-14-5-2-6-15(8-14)19-16(21)11-20/h1-8,18,20H,10-11H2,(H,19,21). The molecule has 0 spiro atoms. The van der Waals surface area contributed by atoms with Crippen molar-refractivity contribution in [3.05, 3.63) is 59.7 Å². The predicted molar refractivity (Wildman–Crippen MR) is 80.6 cm³/mol. The fourth-order valence-electron chi connectivity index (χ4n) is 1.86. The zero-order valence-electron chi connectivity index (χ0n) is 11.3. The molecule has 0 heterocycles. The molecule has 1 amide bonds. The molecule has 0 saturated heterocycles. The molecule has 21 heavy (non-hydrogen) atoms. The van der Waals surface area contributed by atoms with E-state index in [0.29, 0.717) is 17.8 Å². The van der Waals surface area contributed by atoms with E-state index in [1.807, 2.05) is 24.3 Å². The molecule has 0 aliphatic rings. The summed E-state index contributed by atoms with van der Waals surface area (Å²) in [4.78, 5) is 11.1. The molecule has 0 aromatic heterocycles. The second-order valence-corrected chi connectivity index (χ2v) is 4.45. The average Bonchev–Trinajstić information content (AvgIpc) is 2.53. The lowest BCUT2D eigenvalue weighted by Gasteiger charge is -2.09. The number of nitrogens with one attached hydrogen (secondary N) is 2. The highest BCUT2D eigenvalue weighted by Crippen LogP contribution is 2.16. The molecule has 5 nitrogen and oxygen atoms in total. The van der Waals surface area contributed by atoms with Crippen molar-refractivity contribution in [3.8, 4) is 6.07 Å². The van der Waals surface area contributed by atoms with E-state index in [2.05, 4.69) is 16.7 Å². The van der Waals surface area contributed by atoms with Crippen LogP contribution in [0.15, 0.2) is 48.5 Å². The van der Waals surface area contributed by atoms with Crippen molar-refractivity contribution < 1.29 is 9.90 Å². The first-order chi connectivity index (χ1) is 10.2. The highest BCUT2D eigenvalue weighted by Gasteiger charge is 2.01. The number of carbonyl (C=O) groups is 1. The van der Waals surface area contributed by atoms with Crippen molar-refractivity contribution in [2.75, 3.05) is 17.2 Å². The van der Waals surface area contributed by atoms with Crippen molar-refractivity contribution in [2.24, 2.45) is 0 Å². The molecule has 0 radical (unpaired) electrons. The lowest BCUT2D eigenvalue weighted by atomic mass is 10.1. The van der Waals surface area contributed by atoms with Crippen LogP contribution in [0.3, 0.4) is 0 Å². The second kappa shape index (κ2) is 7.08. The Morgan fingerprint density at radius 3 is 2.67 bits per heavy atom. The topological polar surface area (TPSA) is 85.2 Å². The number of aliphatic hydroxyl groups excluding tert-OH is 1. The molecule has 0 fully saturated rings. The Labute approximate surface area is 122 Å². The first-order valence-electron chi connectivity index (χ1n) is 6.45. The maximum absolute atomic E-state index is 11.1. The van der Waals surface area contributed by atoms with Crippen LogP contribution in [-0.4, -0.2) is 17.6 Å². The molecular formula is C16H15N3O2. The molecule has 2 aromatic rings. The van der Waals surface area contributed by atoms with Crippen LogP contribution in [0.2, 0.25) is 0 Å². The van der Waals surface area contributed by atoms with Gasteiger partial charge in [-0.15, -0.1) is 0 Å². The van der Waals surface area contributed by atoms with E-state index >= 15 is 0 Å². The smallest absolute Gasteiger partial charge is 0.250 e.